The molecule has 0 spiro atoms. The number of fused-ring (bicyclic) bond motifs is 1. The van der Waals surface area contributed by atoms with Gasteiger partial charge in [0, 0.05) is 42.2 Å². The molecule has 3 aromatic carbocycles. The molecule has 2 atom stereocenters. The molecule has 1 fully saturated rings. The van der Waals surface area contributed by atoms with Crippen molar-refractivity contribution >= 4 is 34.1 Å². The molecular weight excluding hydrogens is 468 g/mol. The number of primary amides is 1. The topological polar surface area (TPSA) is 107 Å². The third kappa shape index (κ3) is 5.54. The van der Waals surface area contributed by atoms with Crippen LogP contribution in [0.2, 0.25) is 0 Å². The Hall–Kier alpha value is -4.43. The average Bonchev–Trinajstić information content (AvgIpc) is 2.88. The van der Waals surface area contributed by atoms with Crippen molar-refractivity contribution in [3.63, 3.8) is 0 Å². The largest absolute Gasteiger partial charge is 0.457 e. The molecule has 0 aliphatic carbocycles. The zero-order valence-corrected chi connectivity index (χ0v) is 20.7. The van der Waals surface area contributed by atoms with Gasteiger partial charge in [-0.3, -0.25) is 9.59 Å². The molecule has 8 heteroatoms. The lowest BCUT2D eigenvalue weighted by atomic mass is 10.0. The summed E-state index contributed by atoms with van der Waals surface area (Å²) >= 11 is 0. The fraction of sp³-hybridized carbons (Fsp3) is 0.207. The molecule has 1 saturated heterocycles. The number of amides is 2. The lowest BCUT2D eigenvalue weighted by molar-refractivity contribution is -0.00522. The van der Waals surface area contributed by atoms with Crippen LogP contribution in [-0.4, -0.2) is 42.1 Å². The van der Waals surface area contributed by atoms with E-state index in [9.17, 15) is 9.59 Å². The van der Waals surface area contributed by atoms with Gasteiger partial charge in [-0.2, -0.15) is 0 Å². The highest BCUT2D eigenvalue weighted by molar-refractivity contribution is 6.06. The predicted octanol–water partition coefficient (Wildman–Crippen LogP) is 4.99. The van der Waals surface area contributed by atoms with E-state index in [0.29, 0.717) is 28.4 Å². The van der Waals surface area contributed by atoms with Crippen LogP contribution in [-0.2, 0) is 4.74 Å². The van der Waals surface area contributed by atoms with E-state index in [1.807, 2.05) is 36.4 Å². The number of hydrogen-bond acceptors (Lipinski definition) is 6. The van der Waals surface area contributed by atoms with Crippen LogP contribution in [0.5, 0.6) is 11.5 Å². The molecule has 37 heavy (non-hydrogen) atoms. The lowest BCUT2D eigenvalue weighted by Gasteiger charge is -2.36. The molecule has 3 N–H and O–H groups in total. The molecule has 1 aromatic heterocycles. The number of benzene rings is 3. The number of morpholine rings is 1. The Morgan fingerprint density at radius 1 is 0.973 bits per heavy atom. The maximum absolute atomic E-state index is 12.8. The first-order valence-electron chi connectivity index (χ1n) is 12.1. The van der Waals surface area contributed by atoms with Gasteiger partial charge in [-0.05, 0) is 79.2 Å². The highest BCUT2D eigenvalue weighted by Crippen LogP contribution is 2.28. The van der Waals surface area contributed by atoms with Crippen molar-refractivity contribution in [1.82, 2.24) is 4.98 Å². The predicted molar refractivity (Wildman–Crippen MR) is 143 cm³/mol. The first-order chi connectivity index (χ1) is 17.9. The number of nitrogens with one attached hydrogen (secondary N) is 1. The van der Waals surface area contributed by atoms with Crippen molar-refractivity contribution in [3.05, 3.63) is 90.1 Å². The fourth-order valence-corrected chi connectivity index (χ4v) is 4.62. The van der Waals surface area contributed by atoms with Gasteiger partial charge in [0.15, 0.2) is 0 Å². The monoisotopic (exact) mass is 496 g/mol. The highest BCUT2D eigenvalue weighted by atomic mass is 16.5. The number of anilines is 2. The normalized spacial score (nSPS) is 17.4. The molecule has 1 aliphatic heterocycles. The second kappa shape index (κ2) is 10.3. The number of rotatable bonds is 6. The number of carbonyl (C=O) groups excluding carboxylic acids is 2. The van der Waals surface area contributed by atoms with Crippen LogP contribution in [0.1, 0.15) is 34.6 Å². The van der Waals surface area contributed by atoms with E-state index in [0.717, 1.165) is 29.5 Å². The summed E-state index contributed by atoms with van der Waals surface area (Å²) in [5.74, 6) is 0.735. The maximum Gasteiger partial charge on any atom is 0.256 e. The van der Waals surface area contributed by atoms with Gasteiger partial charge < -0.3 is 25.4 Å². The number of pyridine rings is 1. The summed E-state index contributed by atoms with van der Waals surface area (Å²) in [6.07, 6.45) is 1.89. The summed E-state index contributed by atoms with van der Waals surface area (Å²) in [7, 11) is 0. The molecule has 1 aliphatic rings. The number of aromatic nitrogens is 1. The molecule has 4 aromatic rings. The Labute approximate surface area is 215 Å². The van der Waals surface area contributed by atoms with Gasteiger partial charge in [-0.25, -0.2) is 4.98 Å². The summed E-state index contributed by atoms with van der Waals surface area (Å²) in [6, 6.07) is 21.7. The van der Waals surface area contributed by atoms with E-state index in [1.165, 1.54) is 0 Å². The number of nitrogens with zero attached hydrogens (tertiary/aromatic N) is 2. The summed E-state index contributed by atoms with van der Waals surface area (Å²) in [4.78, 5) is 31.0. The molecule has 0 saturated carbocycles. The summed E-state index contributed by atoms with van der Waals surface area (Å²) < 4.78 is 11.8. The minimum atomic E-state index is -0.478. The van der Waals surface area contributed by atoms with Crippen molar-refractivity contribution in [2.24, 2.45) is 5.73 Å². The van der Waals surface area contributed by atoms with E-state index in [-0.39, 0.29) is 18.1 Å². The van der Waals surface area contributed by atoms with Crippen molar-refractivity contribution in [2.75, 3.05) is 23.3 Å². The molecule has 8 nitrogen and oxygen atoms in total. The first-order valence-corrected chi connectivity index (χ1v) is 12.1. The summed E-state index contributed by atoms with van der Waals surface area (Å²) in [5, 5.41) is 4.42. The Morgan fingerprint density at radius 3 is 2.43 bits per heavy atom. The van der Waals surface area contributed by atoms with Gasteiger partial charge in [-0.15, -0.1) is 0 Å². The van der Waals surface area contributed by atoms with Crippen LogP contribution in [0.4, 0.5) is 11.5 Å². The summed E-state index contributed by atoms with van der Waals surface area (Å²) in [5.41, 5.74) is 7.53. The van der Waals surface area contributed by atoms with Gasteiger partial charge in [0.1, 0.15) is 17.3 Å². The molecule has 188 valence electrons. The third-order valence-electron chi connectivity index (χ3n) is 6.24. The molecular formula is C29H28N4O4. The maximum atomic E-state index is 12.8. The molecule has 5 rings (SSSR count). The Morgan fingerprint density at radius 2 is 1.70 bits per heavy atom. The zero-order valence-electron chi connectivity index (χ0n) is 20.7. The standard InChI is InChI=1S/C29H28N4O4/c1-18-16-33(17-19(2)36-18)22-8-6-20(7-9-22)29(35)32-27-15-24(12-13-31-27)37-23-10-11-25-21(14-23)4-3-5-26(25)28(30)34/h3-15,18-19H,16-17H2,1-2H3,(H2,30,34)(H,31,32,35). The quantitative estimate of drug-likeness (QED) is 0.389. The van der Waals surface area contributed by atoms with Crippen molar-refractivity contribution < 1.29 is 19.1 Å². The molecule has 0 bridgehead atoms. The second-order valence-corrected chi connectivity index (χ2v) is 9.19. The van der Waals surface area contributed by atoms with Gasteiger partial charge in [0.25, 0.3) is 5.91 Å². The van der Waals surface area contributed by atoms with Gasteiger partial charge in [0.05, 0.1) is 12.2 Å². The average molecular weight is 497 g/mol. The molecule has 2 amide bonds. The Bertz CT molecular complexity index is 1440. The van der Waals surface area contributed by atoms with Gasteiger partial charge in [0.2, 0.25) is 5.91 Å². The molecule has 0 radical (unpaired) electrons. The van der Waals surface area contributed by atoms with Crippen LogP contribution in [0.3, 0.4) is 0 Å². The Kier molecular flexibility index (Phi) is 6.74. The fourth-order valence-electron chi connectivity index (χ4n) is 4.62. The van der Waals surface area contributed by atoms with Crippen LogP contribution >= 0.6 is 0 Å². The van der Waals surface area contributed by atoms with Crippen LogP contribution < -0.4 is 20.7 Å². The molecule has 2 heterocycles. The second-order valence-electron chi connectivity index (χ2n) is 9.19. The SMILES string of the molecule is CC1CN(c2ccc(C(=O)Nc3cc(Oc4ccc5c(C(N)=O)cccc5c4)ccn3)cc2)CC(C)O1. The number of hydrogen-bond donors (Lipinski definition) is 2. The first kappa shape index (κ1) is 24.3. The van der Waals surface area contributed by atoms with E-state index >= 15 is 0 Å². The number of carbonyl (C=O) groups is 2. The third-order valence-corrected chi connectivity index (χ3v) is 6.24. The van der Waals surface area contributed by atoms with Crippen molar-refractivity contribution in [3.8, 4) is 11.5 Å². The smallest absolute Gasteiger partial charge is 0.256 e. The summed E-state index contributed by atoms with van der Waals surface area (Å²) in [6.45, 7) is 5.76. The van der Waals surface area contributed by atoms with E-state index in [4.69, 9.17) is 15.2 Å². The van der Waals surface area contributed by atoms with E-state index in [1.54, 1.807) is 42.6 Å². The van der Waals surface area contributed by atoms with Gasteiger partial charge in [-0.1, -0.05) is 12.1 Å². The zero-order chi connectivity index (χ0) is 25.9. The van der Waals surface area contributed by atoms with E-state index in [2.05, 4.69) is 29.0 Å². The highest BCUT2D eigenvalue weighted by Gasteiger charge is 2.22. The minimum Gasteiger partial charge on any atom is -0.457 e. The van der Waals surface area contributed by atoms with E-state index < -0.39 is 5.91 Å². The minimum absolute atomic E-state index is 0.162. The van der Waals surface area contributed by atoms with Crippen LogP contribution in [0.15, 0.2) is 79.0 Å². The van der Waals surface area contributed by atoms with Crippen molar-refractivity contribution in [1.29, 1.82) is 0 Å². The van der Waals surface area contributed by atoms with Gasteiger partial charge >= 0.3 is 0 Å². The number of ether oxygens (including phenoxy) is 2. The number of nitrogens with two attached hydrogens (primary N) is 1. The molecule has 2 unspecified atom stereocenters. The Balaban J connectivity index is 1.26. The lowest BCUT2D eigenvalue weighted by Crippen LogP contribution is -2.45. The van der Waals surface area contributed by atoms with Crippen LogP contribution in [0, 0.1) is 0 Å². The van der Waals surface area contributed by atoms with Crippen molar-refractivity contribution in [2.45, 2.75) is 26.1 Å². The van der Waals surface area contributed by atoms with Crippen LogP contribution in [0.25, 0.3) is 10.8 Å².